The Balaban J connectivity index is 2.38. The molecule has 15 heavy (non-hydrogen) atoms. The first kappa shape index (κ1) is 12.0. The molecule has 1 rings (SSSR count). The number of rotatable bonds is 3. The fraction of sp³-hybridized carbons (Fsp3) is 0.667. The zero-order valence-corrected chi connectivity index (χ0v) is 9.58. The van der Waals surface area contributed by atoms with Crippen LogP contribution in [0.15, 0.2) is 11.5 Å². The van der Waals surface area contributed by atoms with E-state index in [-0.39, 0.29) is 11.9 Å². The van der Waals surface area contributed by atoms with Crippen LogP contribution in [0.4, 0.5) is 4.79 Å². The average molecular weight is 233 g/mol. The third kappa shape index (κ3) is 3.91. The van der Waals surface area contributed by atoms with E-state index in [1.165, 1.54) is 6.08 Å². The number of hydrogen-bond donors (Lipinski definition) is 1. The molecular weight excluding hydrogens is 218 g/mol. The summed E-state index contributed by atoms with van der Waals surface area (Å²) in [5.41, 5.74) is 0. The number of carbonyl (C=O) groups is 1. The van der Waals surface area contributed by atoms with E-state index in [9.17, 15) is 13.2 Å². The minimum Gasteiger partial charge on any atom is -0.447 e. The maximum atomic E-state index is 11.2. The molecular formula is C9H15NO4S. The van der Waals surface area contributed by atoms with Crippen LogP contribution in [0.25, 0.3) is 0 Å². The molecule has 2 unspecified atom stereocenters. The molecule has 0 aromatic carbocycles. The fourth-order valence-corrected chi connectivity index (χ4v) is 2.35. The van der Waals surface area contributed by atoms with Crippen LogP contribution in [0.1, 0.15) is 20.3 Å². The van der Waals surface area contributed by atoms with Crippen molar-refractivity contribution in [2.45, 2.75) is 32.4 Å². The van der Waals surface area contributed by atoms with Gasteiger partial charge in [0.05, 0.1) is 11.8 Å². The average Bonchev–Trinajstić information content (AvgIpc) is 2.44. The monoisotopic (exact) mass is 233 g/mol. The summed E-state index contributed by atoms with van der Waals surface area (Å²) in [5, 5.41) is 3.58. The lowest BCUT2D eigenvalue weighted by Crippen LogP contribution is -2.37. The Morgan fingerprint density at radius 2 is 2.33 bits per heavy atom. The van der Waals surface area contributed by atoms with Crippen LogP contribution in [0.5, 0.6) is 0 Å². The maximum absolute atomic E-state index is 11.2. The van der Waals surface area contributed by atoms with Gasteiger partial charge in [-0.2, -0.15) is 0 Å². The first-order valence-electron chi connectivity index (χ1n) is 4.81. The standard InChI is InChI=1S/C9H15NO4S/c1-3-7(2)14-9(11)10-8-4-5-15(12,13)6-8/h4-5,7-8H,3,6H2,1-2H3,(H,10,11). The van der Waals surface area contributed by atoms with Crippen molar-refractivity contribution in [2.24, 2.45) is 0 Å². The Morgan fingerprint density at radius 1 is 1.67 bits per heavy atom. The number of amides is 1. The molecule has 0 aliphatic carbocycles. The Bertz CT molecular complexity index is 360. The quantitative estimate of drug-likeness (QED) is 0.783. The van der Waals surface area contributed by atoms with E-state index in [0.717, 1.165) is 11.8 Å². The topological polar surface area (TPSA) is 72.5 Å². The summed E-state index contributed by atoms with van der Waals surface area (Å²) in [6, 6.07) is -0.466. The molecule has 2 atom stereocenters. The summed E-state index contributed by atoms with van der Waals surface area (Å²) in [5.74, 6) is -0.0807. The first-order chi connectivity index (χ1) is 6.93. The van der Waals surface area contributed by atoms with Crippen LogP contribution in [-0.2, 0) is 14.6 Å². The van der Waals surface area contributed by atoms with Gasteiger partial charge in [-0.25, -0.2) is 13.2 Å². The summed E-state index contributed by atoms with van der Waals surface area (Å²) < 4.78 is 27.0. The van der Waals surface area contributed by atoms with Crippen molar-refractivity contribution in [1.29, 1.82) is 0 Å². The largest absolute Gasteiger partial charge is 0.447 e. The maximum Gasteiger partial charge on any atom is 0.407 e. The number of alkyl carbamates (subject to hydrolysis) is 1. The van der Waals surface area contributed by atoms with E-state index < -0.39 is 22.0 Å². The van der Waals surface area contributed by atoms with Gasteiger partial charge in [-0.05, 0) is 19.4 Å². The highest BCUT2D eigenvalue weighted by atomic mass is 32.2. The number of hydrogen-bond acceptors (Lipinski definition) is 4. The van der Waals surface area contributed by atoms with E-state index in [2.05, 4.69) is 5.32 Å². The Hall–Kier alpha value is -1.04. The van der Waals surface area contributed by atoms with Crippen molar-refractivity contribution in [3.05, 3.63) is 11.5 Å². The molecule has 0 fully saturated rings. The highest BCUT2D eigenvalue weighted by Gasteiger charge is 2.23. The summed E-state index contributed by atoms with van der Waals surface area (Å²) in [6.45, 7) is 3.68. The molecule has 5 nitrogen and oxygen atoms in total. The lowest BCUT2D eigenvalue weighted by atomic mass is 10.3. The van der Waals surface area contributed by atoms with Crippen LogP contribution in [0, 0.1) is 0 Å². The molecule has 0 saturated carbocycles. The lowest BCUT2D eigenvalue weighted by Gasteiger charge is -2.14. The molecule has 0 radical (unpaired) electrons. The predicted octanol–water partition coefficient (Wildman–Crippen LogP) is 0.822. The molecule has 1 heterocycles. The lowest BCUT2D eigenvalue weighted by molar-refractivity contribution is 0.104. The number of ether oxygens (including phenoxy) is 1. The van der Waals surface area contributed by atoms with Gasteiger partial charge in [0.15, 0.2) is 9.84 Å². The summed E-state index contributed by atoms with van der Waals surface area (Å²) in [4.78, 5) is 11.2. The molecule has 0 aromatic heterocycles. The molecule has 0 bridgehead atoms. The molecule has 1 aliphatic heterocycles. The molecule has 0 spiro atoms. The molecule has 86 valence electrons. The van der Waals surface area contributed by atoms with E-state index in [1.54, 1.807) is 6.92 Å². The molecule has 1 aliphatic rings. The zero-order valence-electron chi connectivity index (χ0n) is 8.76. The minimum atomic E-state index is -3.13. The van der Waals surface area contributed by atoms with Gasteiger partial charge in [0.2, 0.25) is 0 Å². The van der Waals surface area contributed by atoms with Gasteiger partial charge in [0.1, 0.15) is 6.10 Å². The molecule has 1 N–H and O–H groups in total. The molecule has 6 heteroatoms. The molecule has 0 aromatic rings. The summed E-state index contributed by atoms with van der Waals surface area (Å²) in [6.07, 6.45) is 1.45. The van der Waals surface area contributed by atoms with Gasteiger partial charge in [0, 0.05) is 5.41 Å². The van der Waals surface area contributed by atoms with Crippen LogP contribution in [0.3, 0.4) is 0 Å². The zero-order chi connectivity index (χ0) is 11.5. The van der Waals surface area contributed by atoms with Gasteiger partial charge in [-0.15, -0.1) is 0 Å². The Morgan fingerprint density at radius 3 is 2.80 bits per heavy atom. The van der Waals surface area contributed by atoms with E-state index >= 15 is 0 Å². The highest BCUT2D eigenvalue weighted by Crippen LogP contribution is 2.08. The third-order valence-electron chi connectivity index (χ3n) is 2.12. The second-order valence-electron chi connectivity index (χ2n) is 3.53. The van der Waals surface area contributed by atoms with Gasteiger partial charge in [0.25, 0.3) is 0 Å². The normalized spacial score (nSPS) is 24.8. The van der Waals surface area contributed by atoms with Crippen molar-refractivity contribution >= 4 is 15.9 Å². The highest BCUT2D eigenvalue weighted by molar-refractivity contribution is 7.94. The Labute approximate surface area is 89.4 Å². The van der Waals surface area contributed by atoms with E-state index in [4.69, 9.17) is 4.74 Å². The van der Waals surface area contributed by atoms with Crippen LogP contribution < -0.4 is 5.32 Å². The number of nitrogens with one attached hydrogen (secondary N) is 1. The van der Waals surface area contributed by atoms with Gasteiger partial charge in [-0.1, -0.05) is 6.92 Å². The van der Waals surface area contributed by atoms with Crippen molar-refractivity contribution in [3.8, 4) is 0 Å². The number of carbonyl (C=O) groups excluding carboxylic acids is 1. The minimum absolute atomic E-state index is 0.0807. The van der Waals surface area contributed by atoms with Gasteiger partial charge < -0.3 is 10.1 Å². The van der Waals surface area contributed by atoms with E-state index in [0.29, 0.717) is 0 Å². The first-order valence-corrected chi connectivity index (χ1v) is 6.52. The smallest absolute Gasteiger partial charge is 0.407 e. The SMILES string of the molecule is CCC(C)OC(=O)NC1C=CS(=O)(=O)C1. The number of sulfone groups is 1. The van der Waals surface area contributed by atoms with Crippen LogP contribution in [0.2, 0.25) is 0 Å². The fourth-order valence-electron chi connectivity index (χ4n) is 1.12. The van der Waals surface area contributed by atoms with Crippen molar-refractivity contribution in [3.63, 3.8) is 0 Å². The van der Waals surface area contributed by atoms with Crippen molar-refractivity contribution in [1.82, 2.24) is 5.32 Å². The third-order valence-corrected chi connectivity index (χ3v) is 3.51. The van der Waals surface area contributed by atoms with Crippen LogP contribution in [-0.4, -0.2) is 32.4 Å². The second kappa shape index (κ2) is 4.65. The van der Waals surface area contributed by atoms with Crippen molar-refractivity contribution < 1.29 is 17.9 Å². The predicted molar refractivity (Wildman–Crippen MR) is 56.1 cm³/mol. The van der Waals surface area contributed by atoms with Crippen molar-refractivity contribution in [2.75, 3.05) is 5.75 Å². The molecule has 1 amide bonds. The van der Waals surface area contributed by atoms with Gasteiger partial charge in [-0.3, -0.25) is 0 Å². The summed E-state index contributed by atoms with van der Waals surface area (Å²) >= 11 is 0. The van der Waals surface area contributed by atoms with Crippen LogP contribution >= 0.6 is 0 Å². The molecule has 0 saturated heterocycles. The van der Waals surface area contributed by atoms with E-state index in [1.807, 2.05) is 6.92 Å². The second-order valence-corrected chi connectivity index (χ2v) is 5.46. The Kier molecular flexibility index (Phi) is 3.73. The van der Waals surface area contributed by atoms with Gasteiger partial charge >= 0.3 is 6.09 Å². The summed E-state index contributed by atoms with van der Waals surface area (Å²) in [7, 11) is -3.13.